The number of alkyl halides is 3. The monoisotopic (exact) mass is 195 g/mol. The van der Waals surface area contributed by atoms with Crippen LogP contribution in [0.2, 0.25) is 0 Å². The Bertz CT molecular complexity index is 174. The first kappa shape index (κ1) is 10.8. The van der Waals surface area contributed by atoms with Crippen LogP contribution in [0.15, 0.2) is 0 Å². The van der Waals surface area contributed by atoms with Gasteiger partial charge < -0.3 is 5.32 Å². The molecule has 0 heterocycles. The van der Waals surface area contributed by atoms with Gasteiger partial charge in [0.05, 0.1) is 0 Å². The zero-order chi connectivity index (χ0) is 10.1. The highest BCUT2D eigenvalue weighted by molar-refractivity contribution is 5.04. The van der Waals surface area contributed by atoms with Crippen molar-refractivity contribution < 1.29 is 13.2 Å². The van der Waals surface area contributed by atoms with Crippen LogP contribution >= 0.6 is 0 Å². The van der Waals surface area contributed by atoms with Gasteiger partial charge in [-0.25, -0.2) is 0 Å². The van der Waals surface area contributed by atoms with E-state index in [1.54, 1.807) is 13.8 Å². The second-order valence-corrected chi connectivity index (χ2v) is 3.63. The highest BCUT2D eigenvalue weighted by Crippen LogP contribution is 2.49. The Morgan fingerprint density at radius 2 is 1.77 bits per heavy atom. The molecule has 1 saturated carbocycles. The minimum atomic E-state index is -4.11. The van der Waals surface area contributed by atoms with Gasteiger partial charge in [0, 0.05) is 0 Å². The van der Waals surface area contributed by atoms with E-state index in [0.29, 0.717) is 19.4 Å². The summed E-state index contributed by atoms with van der Waals surface area (Å²) in [5.74, 6) is -0.197. The lowest BCUT2D eigenvalue weighted by molar-refractivity contribution is -0.204. The van der Waals surface area contributed by atoms with Gasteiger partial charge in [0.15, 0.2) is 0 Å². The molecular formula is C9H16F3N. The molecule has 0 aliphatic heterocycles. The van der Waals surface area contributed by atoms with Crippen molar-refractivity contribution in [2.24, 2.45) is 5.92 Å². The zero-order valence-corrected chi connectivity index (χ0v) is 8.04. The molecule has 4 heteroatoms. The Morgan fingerprint density at radius 3 is 2.00 bits per heavy atom. The molecule has 1 aliphatic carbocycles. The zero-order valence-electron chi connectivity index (χ0n) is 8.04. The number of rotatable bonds is 4. The third-order valence-corrected chi connectivity index (χ3v) is 2.83. The van der Waals surface area contributed by atoms with Gasteiger partial charge in [-0.15, -0.1) is 0 Å². The fraction of sp³-hybridized carbons (Fsp3) is 1.00. The Hall–Kier alpha value is -0.250. The van der Waals surface area contributed by atoms with Crippen molar-refractivity contribution in [3.8, 4) is 0 Å². The van der Waals surface area contributed by atoms with E-state index in [9.17, 15) is 13.2 Å². The molecule has 1 fully saturated rings. The molecule has 1 rings (SSSR count). The van der Waals surface area contributed by atoms with E-state index in [2.05, 4.69) is 5.32 Å². The summed E-state index contributed by atoms with van der Waals surface area (Å²) in [5, 5.41) is 2.62. The topological polar surface area (TPSA) is 12.0 Å². The summed E-state index contributed by atoms with van der Waals surface area (Å²) in [6, 6.07) is 0. The maximum absolute atomic E-state index is 12.8. The quantitative estimate of drug-likeness (QED) is 0.727. The SMILES string of the molecule is CCNC(CC)(C1CC1)C(F)(F)F. The first-order chi connectivity index (χ1) is 5.98. The van der Waals surface area contributed by atoms with Gasteiger partial charge in [-0.3, -0.25) is 0 Å². The van der Waals surface area contributed by atoms with Crippen LogP contribution < -0.4 is 5.32 Å². The fourth-order valence-electron chi connectivity index (χ4n) is 1.98. The van der Waals surface area contributed by atoms with Crippen LogP contribution in [0.4, 0.5) is 13.2 Å². The van der Waals surface area contributed by atoms with Crippen LogP contribution in [0.3, 0.4) is 0 Å². The molecule has 0 aromatic carbocycles. The highest BCUT2D eigenvalue weighted by Gasteiger charge is 2.60. The molecule has 1 N–H and O–H groups in total. The van der Waals surface area contributed by atoms with Crippen LogP contribution in [0.5, 0.6) is 0 Å². The summed E-state index contributed by atoms with van der Waals surface area (Å²) < 4.78 is 38.4. The Kier molecular flexibility index (Phi) is 2.90. The molecule has 0 saturated heterocycles. The maximum Gasteiger partial charge on any atom is 0.406 e. The molecular weight excluding hydrogens is 179 g/mol. The summed E-state index contributed by atoms with van der Waals surface area (Å²) in [5.41, 5.74) is -1.61. The van der Waals surface area contributed by atoms with E-state index >= 15 is 0 Å². The third kappa shape index (κ3) is 1.82. The predicted octanol–water partition coefficient (Wildman–Crippen LogP) is 2.72. The van der Waals surface area contributed by atoms with Crippen LogP contribution in [-0.4, -0.2) is 18.3 Å². The second kappa shape index (κ2) is 3.48. The molecule has 1 unspecified atom stereocenters. The van der Waals surface area contributed by atoms with Gasteiger partial charge in [-0.1, -0.05) is 13.8 Å². The van der Waals surface area contributed by atoms with Crippen molar-refractivity contribution in [2.75, 3.05) is 6.54 Å². The summed E-state index contributed by atoms with van der Waals surface area (Å²) in [6.07, 6.45) is -2.56. The average Bonchev–Trinajstić information content (AvgIpc) is 2.80. The van der Waals surface area contributed by atoms with Crippen molar-refractivity contribution >= 4 is 0 Å². The minimum absolute atomic E-state index is 0.134. The lowest BCUT2D eigenvalue weighted by Gasteiger charge is -2.36. The maximum atomic E-state index is 12.8. The van der Waals surface area contributed by atoms with Crippen molar-refractivity contribution in [3.05, 3.63) is 0 Å². The van der Waals surface area contributed by atoms with Crippen molar-refractivity contribution in [1.29, 1.82) is 0 Å². The molecule has 0 spiro atoms. The van der Waals surface area contributed by atoms with Crippen LogP contribution in [0.1, 0.15) is 33.1 Å². The van der Waals surface area contributed by atoms with Gasteiger partial charge in [0.1, 0.15) is 5.54 Å². The van der Waals surface area contributed by atoms with Gasteiger partial charge in [0.25, 0.3) is 0 Å². The first-order valence-corrected chi connectivity index (χ1v) is 4.79. The summed E-state index contributed by atoms with van der Waals surface area (Å²) in [7, 11) is 0. The van der Waals surface area contributed by atoms with E-state index in [-0.39, 0.29) is 12.3 Å². The lowest BCUT2D eigenvalue weighted by Crippen LogP contribution is -2.58. The number of hydrogen-bond acceptors (Lipinski definition) is 1. The number of halogens is 3. The van der Waals surface area contributed by atoms with Crippen LogP contribution in [-0.2, 0) is 0 Å². The average molecular weight is 195 g/mol. The highest BCUT2D eigenvalue weighted by atomic mass is 19.4. The van der Waals surface area contributed by atoms with Crippen molar-refractivity contribution in [3.63, 3.8) is 0 Å². The summed E-state index contributed by atoms with van der Waals surface area (Å²) >= 11 is 0. The molecule has 78 valence electrons. The van der Waals surface area contributed by atoms with Gasteiger partial charge in [-0.2, -0.15) is 13.2 Å². The molecule has 13 heavy (non-hydrogen) atoms. The molecule has 1 aliphatic rings. The summed E-state index contributed by atoms with van der Waals surface area (Å²) in [6.45, 7) is 3.71. The molecule has 1 atom stereocenters. The smallest absolute Gasteiger partial charge is 0.304 e. The molecule has 0 amide bonds. The summed E-state index contributed by atoms with van der Waals surface area (Å²) in [4.78, 5) is 0. The first-order valence-electron chi connectivity index (χ1n) is 4.79. The minimum Gasteiger partial charge on any atom is -0.304 e. The molecule has 0 bridgehead atoms. The van der Waals surface area contributed by atoms with E-state index < -0.39 is 11.7 Å². The third-order valence-electron chi connectivity index (χ3n) is 2.83. The van der Waals surface area contributed by atoms with E-state index in [0.717, 1.165) is 0 Å². The van der Waals surface area contributed by atoms with Gasteiger partial charge in [-0.05, 0) is 31.7 Å². The second-order valence-electron chi connectivity index (χ2n) is 3.63. The number of nitrogens with one attached hydrogen (secondary N) is 1. The van der Waals surface area contributed by atoms with Crippen molar-refractivity contribution in [1.82, 2.24) is 5.32 Å². The Labute approximate surface area is 76.7 Å². The lowest BCUT2D eigenvalue weighted by atomic mass is 9.89. The van der Waals surface area contributed by atoms with Crippen molar-refractivity contribution in [2.45, 2.75) is 44.8 Å². The molecule has 0 aromatic rings. The predicted molar refractivity (Wildman–Crippen MR) is 45.5 cm³/mol. The molecule has 0 aromatic heterocycles. The van der Waals surface area contributed by atoms with Crippen LogP contribution in [0, 0.1) is 5.92 Å². The standard InChI is InChI=1S/C9H16F3N/c1-3-8(13-4-2,7-5-6-7)9(10,11)12/h7,13H,3-6H2,1-2H3. The Morgan fingerprint density at radius 1 is 1.23 bits per heavy atom. The normalized spacial score (nSPS) is 22.8. The van der Waals surface area contributed by atoms with Crippen LogP contribution in [0.25, 0.3) is 0 Å². The Balaban J connectivity index is 2.81. The largest absolute Gasteiger partial charge is 0.406 e. The van der Waals surface area contributed by atoms with E-state index in [4.69, 9.17) is 0 Å². The number of hydrogen-bond donors (Lipinski definition) is 1. The molecule has 0 radical (unpaired) electrons. The fourth-order valence-corrected chi connectivity index (χ4v) is 1.98. The van der Waals surface area contributed by atoms with Gasteiger partial charge >= 0.3 is 6.18 Å². The van der Waals surface area contributed by atoms with Gasteiger partial charge in [0.2, 0.25) is 0 Å². The van der Waals surface area contributed by atoms with E-state index in [1.807, 2.05) is 0 Å². The molecule has 1 nitrogen and oxygen atoms in total. The van der Waals surface area contributed by atoms with E-state index in [1.165, 1.54) is 0 Å².